The summed E-state index contributed by atoms with van der Waals surface area (Å²) < 4.78 is 14.1. The van der Waals surface area contributed by atoms with E-state index in [-0.39, 0.29) is 17.2 Å². The number of rotatable bonds is 6. The number of aldehydes is 1. The summed E-state index contributed by atoms with van der Waals surface area (Å²) in [5, 5.41) is 0. The predicted octanol–water partition coefficient (Wildman–Crippen LogP) is 4.66. The van der Waals surface area contributed by atoms with E-state index in [9.17, 15) is 9.18 Å². The van der Waals surface area contributed by atoms with Crippen LogP contribution in [0.3, 0.4) is 0 Å². The van der Waals surface area contributed by atoms with E-state index in [4.69, 9.17) is 0 Å². The molecule has 19 heavy (non-hydrogen) atoms. The summed E-state index contributed by atoms with van der Waals surface area (Å²) in [6, 6.07) is 6.86. The molecule has 0 saturated heterocycles. The fourth-order valence-electron chi connectivity index (χ4n) is 2.44. The topological polar surface area (TPSA) is 17.1 Å². The zero-order chi connectivity index (χ0) is 14.5. The van der Waals surface area contributed by atoms with Crippen molar-refractivity contribution in [1.29, 1.82) is 0 Å². The highest BCUT2D eigenvalue weighted by Crippen LogP contribution is 2.36. The van der Waals surface area contributed by atoms with Gasteiger partial charge in [-0.15, -0.1) is 0 Å². The maximum absolute atomic E-state index is 14.1. The lowest BCUT2D eigenvalue weighted by molar-refractivity contribution is -0.111. The molecule has 0 bridgehead atoms. The smallest absolute Gasteiger partial charge is 0.126 e. The molecule has 0 aliphatic heterocycles. The lowest BCUT2D eigenvalue weighted by Gasteiger charge is -2.31. The Morgan fingerprint density at radius 3 is 2.53 bits per heavy atom. The normalized spacial score (nSPS) is 15.4. The average Bonchev–Trinajstić information content (AvgIpc) is 2.36. The minimum Gasteiger partial charge on any atom is -0.303 e. The van der Waals surface area contributed by atoms with Gasteiger partial charge >= 0.3 is 0 Å². The van der Waals surface area contributed by atoms with Crippen molar-refractivity contribution in [2.45, 2.75) is 46.0 Å². The summed E-state index contributed by atoms with van der Waals surface area (Å²) in [6.07, 6.45) is 4.46. The van der Waals surface area contributed by atoms with Crippen LogP contribution in [0.1, 0.15) is 46.1 Å². The molecule has 2 heteroatoms. The molecule has 1 aromatic rings. The Morgan fingerprint density at radius 1 is 1.37 bits per heavy atom. The first-order valence-electron chi connectivity index (χ1n) is 6.72. The largest absolute Gasteiger partial charge is 0.303 e. The molecule has 104 valence electrons. The molecule has 1 nitrogen and oxygen atoms in total. The number of benzene rings is 1. The number of allylic oxidation sites excluding steroid dienone is 2. The Bertz CT molecular complexity index is 460. The maximum Gasteiger partial charge on any atom is 0.126 e. The molecule has 2 atom stereocenters. The van der Waals surface area contributed by atoms with Crippen LogP contribution in [0, 0.1) is 11.7 Å². The third-order valence-corrected chi connectivity index (χ3v) is 3.49. The lowest BCUT2D eigenvalue weighted by Crippen LogP contribution is -2.26. The van der Waals surface area contributed by atoms with Crippen molar-refractivity contribution in [3.8, 4) is 0 Å². The molecular formula is C17H23FO. The molecule has 1 rings (SSSR count). The third kappa shape index (κ3) is 4.30. The van der Waals surface area contributed by atoms with Gasteiger partial charge in [-0.05, 0) is 43.7 Å². The van der Waals surface area contributed by atoms with Gasteiger partial charge in [-0.2, -0.15) is 0 Å². The molecule has 0 aliphatic rings. The van der Waals surface area contributed by atoms with E-state index >= 15 is 0 Å². The van der Waals surface area contributed by atoms with Crippen LogP contribution in [0.4, 0.5) is 4.39 Å². The Labute approximate surface area is 115 Å². The summed E-state index contributed by atoms with van der Waals surface area (Å²) in [7, 11) is 0. The molecule has 2 unspecified atom stereocenters. The van der Waals surface area contributed by atoms with Gasteiger partial charge in [0.25, 0.3) is 0 Å². The van der Waals surface area contributed by atoms with E-state index in [0.29, 0.717) is 12.0 Å². The first-order valence-corrected chi connectivity index (χ1v) is 6.72. The highest BCUT2D eigenvalue weighted by atomic mass is 19.1. The van der Waals surface area contributed by atoms with E-state index in [1.165, 1.54) is 11.6 Å². The number of carbonyl (C=O) groups excluding carboxylic acids is 1. The number of hydrogen-bond donors (Lipinski definition) is 0. The van der Waals surface area contributed by atoms with E-state index in [2.05, 4.69) is 6.08 Å². The van der Waals surface area contributed by atoms with Crippen LogP contribution in [0.2, 0.25) is 0 Å². The molecule has 1 aromatic carbocycles. The van der Waals surface area contributed by atoms with E-state index in [0.717, 1.165) is 12.7 Å². The molecule has 0 aromatic heterocycles. The van der Waals surface area contributed by atoms with E-state index in [1.54, 1.807) is 6.07 Å². The van der Waals surface area contributed by atoms with Crippen molar-refractivity contribution in [2.24, 2.45) is 5.92 Å². The van der Waals surface area contributed by atoms with Crippen LogP contribution in [0.15, 0.2) is 35.9 Å². The second kappa shape index (κ2) is 6.65. The summed E-state index contributed by atoms with van der Waals surface area (Å²) in [6.45, 7) is 7.98. The van der Waals surface area contributed by atoms with Gasteiger partial charge < -0.3 is 4.79 Å². The Kier molecular flexibility index (Phi) is 5.46. The average molecular weight is 262 g/mol. The van der Waals surface area contributed by atoms with Gasteiger partial charge in [-0.1, -0.05) is 43.7 Å². The zero-order valence-electron chi connectivity index (χ0n) is 12.2. The van der Waals surface area contributed by atoms with Crippen LogP contribution in [0.25, 0.3) is 0 Å². The SMILES string of the molecule is CC(C)=CCC(C)(CC(C)C=O)c1ccccc1F. The van der Waals surface area contributed by atoms with Crippen LogP contribution < -0.4 is 0 Å². The molecule has 0 aliphatic carbocycles. The summed E-state index contributed by atoms with van der Waals surface area (Å²) >= 11 is 0. The van der Waals surface area contributed by atoms with Gasteiger partial charge in [-0.25, -0.2) is 4.39 Å². The Hall–Kier alpha value is -1.44. The minimum absolute atomic E-state index is 0.0739. The second-order valence-corrected chi connectivity index (χ2v) is 5.84. The second-order valence-electron chi connectivity index (χ2n) is 5.84. The van der Waals surface area contributed by atoms with Crippen LogP contribution in [-0.4, -0.2) is 6.29 Å². The number of carbonyl (C=O) groups is 1. The van der Waals surface area contributed by atoms with Crippen molar-refractivity contribution in [2.75, 3.05) is 0 Å². The molecule has 0 radical (unpaired) electrons. The quantitative estimate of drug-likeness (QED) is 0.538. The van der Waals surface area contributed by atoms with Crippen molar-refractivity contribution >= 4 is 6.29 Å². The number of halogens is 1. The minimum atomic E-state index is -0.344. The molecule has 0 saturated carbocycles. The highest BCUT2D eigenvalue weighted by molar-refractivity contribution is 5.53. The first-order chi connectivity index (χ1) is 8.89. The van der Waals surface area contributed by atoms with Crippen molar-refractivity contribution in [3.63, 3.8) is 0 Å². The Balaban J connectivity index is 3.14. The van der Waals surface area contributed by atoms with Gasteiger partial charge in [-0.3, -0.25) is 0 Å². The van der Waals surface area contributed by atoms with Crippen molar-refractivity contribution < 1.29 is 9.18 Å². The Morgan fingerprint density at radius 2 is 2.00 bits per heavy atom. The first kappa shape index (κ1) is 15.6. The van der Waals surface area contributed by atoms with Crippen molar-refractivity contribution in [1.82, 2.24) is 0 Å². The van der Waals surface area contributed by atoms with Gasteiger partial charge in [0.15, 0.2) is 0 Å². The monoisotopic (exact) mass is 262 g/mol. The fraction of sp³-hybridized carbons (Fsp3) is 0.471. The van der Waals surface area contributed by atoms with Gasteiger partial charge in [0.2, 0.25) is 0 Å². The van der Waals surface area contributed by atoms with Crippen LogP contribution in [-0.2, 0) is 10.2 Å². The molecule has 0 spiro atoms. The lowest BCUT2D eigenvalue weighted by atomic mass is 9.73. The van der Waals surface area contributed by atoms with Crippen LogP contribution >= 0.6 is 0 Å². The highest BCUT2D eigenvalue weighted by Gasteiger charge is 2.30. The zero-order valence-corrected chi connectivity index (χ0v) is 12.2. The standard InChI is InChI=1S/C17H23FO/c1-13(2)9-10-17(4,11-14(3)12-19)15-7-5-6-8-16(15)18/h5-9,12,14H,10-11H2,1-4H3. The summed E-state index contributed by atoms with van der Waals surface area (Å²) in [4.78, 5) is 10.9. The van der Waals surface area contributed by atoms with Gasteiger partial charge in [0.05, 0.1) is 0 Å². The van der Waals surface area contributed by atoms with E-state index in [1.807, 2.05) is 39.8 Å². The van der Waals surface area contributed by atoms with E-state index < -0.39 is 0 Å². The molecule has 0 fully saturated rings. The van der Waals surface area contributed by atoms with Gasteiger partial charge in [0.1, 0.15) is 12.1 Å². The predicted molar refractivity (Wildman–Crippen MR) is 77.6 cm³/mol. The fourth-order valence-corrected chi connectivity index (χ4v) is 2.44. The van der Waals surface area contributed by atoms with Crippen LogP contribution in [0.5, 0.6) is 0 Å². The molecule has 0 heterocycles. The maximum atomic E-state index is 14.1. The molecular weight excluding hydrogens is 239 g/mol. The molecule has 0 amide bonds. The van der Waals surface area contributed by atoms with Gasteiger partial charge in [0, 0.05) is 5.92 Å². The van der Waals surface area contributed by atoms with Crippen molar-refractivity contribution in [3.05, 3.63) is 47.3 Å². The summed E-state index contributed by atoms with van der Waals surface area (Å²) in [5.41, 5.74) is 1.56. The number of hydrogen-bond acceptors (Lipinski definition) is 1. The molecule has 0 N–H and O–H groups in total. The summed E-state index contributed by atoms with van der Waals surface area (Å²) in [5.74, 6) is -0.263. The third-order valence-electron chi connectivity index (χ3n) is 3.49.